The van der Waals surface area contributed by atoms with Gasteiger partial charge in [0.25, 0.3) is 5.91 Å². The molecule has 0 saturated carbocycles. The molecule has 192 valence electrons. The summed E-state index contributed by atoms with van der Waals surface area (Å²) in [4.78, 5) is 54.0. The molecule has 7 nitrogen and oxygen atoms in total. The molecule has 3 aliphatic carbocycles. The van der Waals surface area contributed by atoms with Gasteiger partial charge in [0.1, 0.15) is 6.04 Å². The molecule has 0 unspecified atom stereocenters. The number of hydrogen-bond acceptors (Lipinski definition) is 5. The van der Waals surface area contributed by atoms with E-state index in [0.717, 1.165) is 38.3 Å². The van der Waals surface area contributed by atoms with Gasteiger partial charge in [-0.3, -0.25) is 19.3 Å². The molecule has 7 heteroatoms. The molecule has 0 radical (unpaired) electrons. The van der Waals surface area contributed by atoms with Crippen molar-refractivity contribution in [3.05, 3.63) is 100 Å². The highest BCUT2D eigenvalue weighted by atomic mass is 16.5. The third-order valence-electron chi connectivity index (χ3n) is 8.21. The number of ether oxygens (including phenoxy) is 1. The van der Waals surface area contributed by atoms with E-state index in [1.54, 1.807) is 6.07 Å². The molecule has 3 aromatic rings. The summed E-state index contributed by atoms with van der Waals surface area (Å²) in [6, 6.07) is 20.4. The number of rotatable bonds is 5. The van der Waals surface area contributed by atoms with E-state index in [9.17, 15) is 19.2 Å². The Morgan fingerprint density at radius 3 is 1.82 bits per heavy atom. The molecular weight excluding hydrogens is 480 g/mol. The Morgan fingerprint density at radius 2 is 1.34 bits per heavy atom. The largest absolute Gasteiger partial charge is 0.454 e. The highest BCUT2D eigenvalue weighted by molar-refractivity contribution is 6.10. The molecule has 3 atom stereocenters. The highest BCUT2D eigenvalue weighted by Crippen LogP contribution is 2.61. The Morgan fingerprint density at radius 1 is 0.842 bits per heavy atom. The first-order valence-electron chi connectivity index (χ1n) is 12.9. The van der Waals surface area contributed by atoms with Crippen LogP contribution in [0.25, 0.3) is 0 Å². The third kappa shape index (κ3) is 3.56. The Labute approximate surface area is 220 Å². The number of hydrogen-bond donors (Lipinski definition) is 1. The van der Waals surface area contributed by atoms with Crippen molar-refractivity contribution >= 4 is 29.4 Å². The molecule has 0 aromatic heterocycles. The fourth-order valence-corrected chi connectivity index (χ4v) is 6.58. The lowest BCUT2D eigenvalue weighted by atomic mass is 9.55. The Kier molecular flexibility index (Phi) is 5.67. The topological polar surface area (TPSA) is 92.8 Å². The van der Waals surface area contributed by atoms with Gasteiger partial charge in [-0.2, -0.15) is 0 Å². The molecule has 7 rings (SSSR count). The summed E-state index contributed by atoms with van der Waals surface area (Å²) in [5.74, 6) is -3.62. The lowest BCUT2D eigenvalue weighted by Crippen LogP contribution is -2.45. The van der Waals surface area contributed by atoms with E-state index in [0.29, 0.717) is 5.69 Å². The fourth-order valence-electron chi connectivity index (χ4n) is 6.58. The van der Waals surface area contributed by atoms with Crippen molar-refractivity contribution in [2.75, 3.05) is 11.9 Å². The van der Waals surface area contributed by atoms with Gasteiger partial charge in [-0.1, -0.05) is 66.2 Å². The number of esters is 1. The Bertz CT molecular complexity index is 1400. The van der Waals surface area contributed by atoms with E-state index >= 15 is 0 Å². The molecule has 4 aliphatic rings. The van der Waals surface area contributed by atoms with E-state index in [1.807, 2.05) is 74.5 Å². The van der Waals surface area contributed by atoms with Crippen LogP contribution in [0.15, 0.2) is 66.7 Å². The summed E-state index contributed by atoms with van der Waals surface area (Å²) < 4.78 is 5.26. The zero-order valence-corrected chi connectivity index (χ0v) is 21.4. The van der Waals surface area contributed by atoms with Crippen LogP contribution in [-0.4, -0.2) is 41.2 Å². The van der Waals surface area contributed by atoms with Gasteiger partial charge in [0.2, 0.25) is 11.8 Å². The number of nitrogens with zero attached hydrogens (tertiary/aromatic N) is 1. The van der Waals surface area contributed by atoms with Crippen molar-refractivity contribution < 1.29 is 23.9 Å². The lowest BCUT2D eigenvalue weighted by molar-refractivity contribution is -0.159. The number of amides is 3. The second-order valence-electron chi connectivity index (χ2n) is 10.5. The first kappa shape index (κ1) is 24.1. The van der Waals surface area contributed by atoms with Gasteiger partial charge < -0.3 is 10.1 Å². The first-order chi connectivity index (χ1) is 18.3. The van der Waals surface area contributed by atoms with Crippen LogP contribution in [0.3, 0.4) is 0 Å². The zero-order chi connectivity index (χ0) is 26.7. The molecule has 1 N–H and O–H groups in total. The Balaban J connectivity index is 1.21. The smallest absolute Gasteiger partial charge is 0.329 e. The van der Waals surface area contributed by atoms with Gasteiger partial charge in [-0.25, -0.2) is 4.79 Å². The van der Waals surface area contributed by atoms with Crippen molar-refractivity contribution in [3.63, 3.8) is 0 Å². The Hall–Kier alpha value is -4.26. The summed E-state index contributed by atoms with van der Waals surface area (Å²) in [7, 11) is 0. The summed E-state index contributed by atoms with van der Waals surface area (Å²) >= 11 is 0. The van der Waals surface area contributed by atoms with E-state index in [-0.39, 0.29) is 23.7 Å². The maximum atomic E-state index is 13.8. The predicted molar refractivity (Wildman–Crippen MR) is 140 cm³/mol. The van der Waals surface area contributed by atoms with Gasteiger partial charge in [0.15, 0.2) is 6.61 Å². The first-order valence-corrected chi connectivity index (χ1v) is 12.9. The van der Waals surface area contributed by atoms with E-state index in [4.69, 9.17) is 4.74 Å². The number of likely N-dealkylation sites (tertiary alicyclic amines) is 1. The average Bonchev–Trinajstić information content (AvgIpc) is 3.18. The fraction of sp³-hybridized carbons (Fsp3) is 0.290. The van der Waals surface area contributed by atoms with Gasteiger partial charge >= 0.3 is 5.97 Å². The molecule has 1 aliphatic heterocycles. The summed E-state index contributed by atoms with van der Waals surface area (Å²) in [5.41, 5.74) is 6.87. The molecule has 1 saturated heterocycles. The number of imide groups is 1. The third-order valence-corrected chi connectivity index (χ3v) is 8.21. The normalized spacial score (nSPS) is 23.4. The van der Waals surface area contributed by atoms with E-state index in [2.05, 4.69) is 5.32 Å². The lowest BCUT2D eigenvalue weighted by Gasteiger charge is -2.45. The number of carbonyl (C=O) groups excluding carboxylic acids is 4. The van der Waals surface area contributed by atoms with Crippen LogP contribution >= 0.6 is 0 Å². The standard InChI is InChI=1S/C31H28N2O5/c1-16-12-13-23(17(2)14-16)32-24(34)15-38-31(37)18(3)33-29(35)27-25-19-8-4-5-9-20(19)26(28(27)30(33)36)22-11-7-6-10-21(22)25/h4-14,18,25-28H,15H2,1-3H3,(H,32,34)/t18-,25?,26?,27-,28+/m1/s1. The van der Waals surface area contributed by atoms with E-state index in [1.165, 1.54) is 6.92 Å². The minimum atomic E-state index is -1.14. The average molecular weight is 509 g/mol. The molecule has 0 spiro atoms. The second-order valence-corrected chi connectivity index (χ2v) is 10.5. The molecular formula is C31H28N2O5. The number of anilines is 1. The monoisotopic (exact) mass is 508 g/mol. The van der Waals surface area contributed by atoms with Crippen molar-refractivity contribution in [1.29, 1.82) is 0 Å². The van der Waals surface area contributed by atoms with Gasteiger partial charge in [-0.15, -0.1) is 0 Å². The minimum Gasteiger partial charge on any atom is -0.454 e. The summed E-state index contributed by atoms with van der Waals surface area (Å²) in [5, 5.41) is 2.74. The zero-order valence-electron chi connectivity index (χ0n) is 21.4. The minimum absolute atomic E-state index is 0.245. The van der Waals surface area contributed by atoms with Crippen LogP contribution in [0.4, 0.5) is 5.69 Å². The van der Waals surface area contributed by atoms with Crippen molar-refractivity contribution in [2.45, 2.75) is 38.6 Å². The van der Waals surface area contributed by atoms with Crippen LogP contribution in [0.5, 0.6) is 0 Å². The number of carbonyl (C=O) groups is 4. The maximum Gasteiger partial charge on any atom is 0.329 e. The SMILES string of the molecule is Cc1ccc(NC(=O)COC(=O)[C@@H](C)N2C(=O)[C@@H]3C4c5ccccc5C(c5ccccc54)[C@@H]3C2=O)c(C)c1. The van der Waals surface area contributed by atoms with Crippen LogP contribution in [0, 0.1) is 25.7 Å². The molecule has 3 aromatic carbocycles. The van der Waals surface area contributed by atoms with Crippen LogP contribution in [-0.2, 0) is 23.9 Å². The molecule has 3 amide bonds. The highest BCUT2D eigenvalue weighted by Gasteiger charge is 2.62. The van der Waals surface area contributed by atoms with Crippen molar-refractivity contribution in [1.82, 2.24) is 4.90 Å². The van der Waals surface area contributed by atoms with Crippen molar-refractivity contribution in [2.24, 2.45) is 11.8 Å². The van der Waals surface area contributed by atoms with Crippen molar-refractivity contribution in [3.8, 4) is 0 Å². The number of benzene rings is 3. The number of aryl methyl sites for hydroxylation is 2. The van der Waals surface area contributed by atoms with Crippen LogP contribution < -0.4 is 5.32 Å². The molecule has 1 fully saturated rings. The summed E-state index contributed by atoms with van der Waals surface area (Å²) in [6.45, 7) is 4.81. The van der Waals surface area contributed by atoms with Crippen LogP contribution in [0.2, 0.25) is 0 Å². The molecule has 38 heavy (non-hydrogen) atoms. The quantitative estimate of drug-likeness (QED) is 0.414. The number of nitrogens with one attached hydrogen (secondary N) is 1. The van der Waals surface area contributed by atoms with Gasteiger partial charge in [0, 0.05) is 17.5 Å². The van der Waals surface area contributed by atoms with Gasteiger partial charge in [-0.05, 0) is 54.7 Å². The molecule has 1 heterocycles. The van der Waals surface area contributed by atoms with E-state index < -0.39 is 36.4 Å². The molecule has 2 bridgehead atoms. The predicted octanol–water partition coefficient (Wildman–Crippen LogP) is 4.07. The van der Waals surface area contributed by atoms with Gasteiger partial charge in [0.05, 0.1) is 11.8 Å². The summed E-state index contributed by atoms with van der Waals surface area (Å²) in [6.07, 6.45) is 0. The maximum absolute atomic E-state index is 13.8. The van der Waals surface area contributed by atoms with Crippen LogP contribution in [0.1, 0.15) is 52.1 Å². The second kappa shape index (κ2) is 8.94.